The van der Waals surface area contributed by atoms with Crippen molar-refractivity contribution in [2.24, 2.45) is 0 Å². The lowest BCUT2D eigenvalue weighted by Gasteiger charge is -2.16. The third kappa shape index (κ3) is 2.40. The summed E-state index contributed by atoms with van der Waals surface area (Å²) < 4.78 is 18.5. The summed E-state index contributed by atoms with van der Waals surface area (Å²) in [4.78, 5) is 11.5. The van der Waals surface area contributed by atoms with E-state index < -0.39 is 5.92 Å². The molecule has 1 rings (SSSR count). The first kappa shape index (κ1) is 12.7. The molecule has 0 spiro atoms. The zero-order valence-corrected chi connectivity index (χ0v) is 10.1. The first-order valence-electron chi connectivity index (χ1n) is 5.35. The highest BCUT2D eigenvalue weighted by atomic mass is 19.1. The van der Waals surface area contributed by atoms with Gasteiger partial charge in [-0.05, 0) is 37.5 Å². The number of carbonyl (C=O) groups is 1. The van der Waals surface area contributed by atoms with E-state index in [1.807, 2.05) is 26.8 Å². The Hall–Kier alpha value is -1.38. The molecule has 0 N–H and O–H groups in total. The van der Waals surface area contributed by atoms with Gasteiger partial charge in [-0.2, -0.15) is 0 Å². The van der Waals surface area contributed by atoms with Crippen molar-refractivity contribution in [2.75, 3.05) is 7.11 Å². The van der Waals surface area contributed by atoms with Gasteiger partial charge in [-0.15, -0.1) is 0 Å². The molecule has 0 heterocycles. The van der Waals surface area contributed by atoms with Crippen molar-refractivity contribution >= 4 is 5.97 Å². The lowest BCUT2D eigenvalue weighted by atomic mass is 9.91. The van der Waals surface area contributed by atoms with Crippen molar-refractivity contribution in [3.63, 3.8) is 0 Å². The molecule has 1 aromatic rings. The Bertz CT molecular complexity index is 376. The second-order valence-corrected chi connectivity index (χ2v) is 3.96. The zero-order chi connectivity index (χ0) is 12.3. The van der Waals surface area contributed by atoms with E-state index in [0.29, 0.717) is 12.0 Å². The third-order valence-electron chi connectivity index (χ3n) is 2.72. The molecule has 0 amide bonds. The molecule has 0 radical (unpaired) electrons. The molecule has 2 nitrogen and oxygen atoms in total. The van der Waals surface area contributed by atoms with Crippen LogP contribution in [0, 0.1) is 19.7 Å². The molecule has 0 bridgehead atoms. The molecule has 16 heavy (non-hydrogen) atoms. The lowest BCUT2D eigenvalue weighted by molar-refractivity contribution is -0.142. The Morgan fingerprint density at radius 1 is 1.44 bits per heavy atom. The Labute approximate surface area is 95.4 Å². The fourth-order valence-corrected chi connectivity index (χ4v) is 2.00. The molecule has 0 aliphatic rings. The van der Waals surface area contributed by atoms with E-state index in [0.717, 1.165) is 11.1 Å². The van der Waals surface area contributed by atoms with Gasteiger partial charge in [-0.3, -0.25) is 4.79 Å². The van der Waals surface area contributed by atoms with Crippen molar-refractivity contribution in [3.8, 4) is 0 Å². The predicted molar refractivity (Wildman–Crippen MR) is 60.9 cm³/mol. The van der Waals surface area contributed by atoms with Gasteiger partial charge in [-0.25, -0.2) is 4.39 Å². The highest BCUT2D eigenvalue weighted by Gasteiger charge is 2.24. The maximum atomic E-state index is 13.8. The van der Waals surface area contributed by atoms with Crippen LogP contribution in [0.1, 0.15) is 36.0 Å². The lowest BCUT2D eigenvalue weighted by Crippen LogP contribution is -2.16. The predicted octanol–water partition coefficient (Wildman–Crippen LogP) is 3.11. The van der Waals surface area contributed by atoms with Gasteiger partial charge in [0.25, 0.3) is 0 Å². The van der Waals surface area contributed by atoms with E-state index in [9.17, 15) is 9.18 Å². The number of esters is 1. The summed E-state index contributed by atoms with van der Waals surface area (Å²) in [6.45, 7) is 5.50. The summed E-state index contributed by atoms with van der Waals surface area (Å²) in [5.41, 5.74) is 2.12. The van der Waals surface area contributed by atoms with Gasteiger partial charge in [0, 0.05) is 5.56 Å². The van der Waals surface area contributed by atoms with Crippen LogP contribution in [-0.2, 0) is 9.53 Å². The molecule has 88 valence electrons. The average molecular weight is 224 g/mol. The maximum Gasteiger partial charge on any atom is 0.313 e. The van der Waals surface area contributed by atoms with Crippen molar-refractivity contribution < 1.29 is 13.9 Å². The van der Waals surface area contributed by atoms with Gasteiger partial charge in [0.1, 0.15) is 5.82 Å². The van der Waals surface area contributed by atoms with Crippen molar-refractivity contribution in [1.82, 2.24) is 0 Å². The van der Waals surface area contributed by atoms with Gasteiger partial charge in [0.15, 0.2) is 0 Å². The fourth-order valence-electron chi connectivity index (χ4n) is 2.00. The van der Waals surface area contributed by atoms with E-state index in [1.165, 1.54) is 13.2 Å². The molecule has 0 aromatic heterocycles. The first-order chi connectivity index (χ1) is 7.51. The Morgan fingerprint density at radius 3 is 2.50 bits per heavy atom. The highest BCUT2D eigenvalue weighted by Crippen LogP contribution is 2.28. The number of methoxy groups -OCH3 is 1. The molecule has 3 heteroatoms. The van der Waals surface area contributed by atoms with Gasteiger partial charge >= 0.3 is 5.97 Å². The Morgan fingerprint density at radius 2 is 2.06 bits per heavy atom. The zero-order valence-electron chi connectivity index (χ0n) is 10.1. The van der Waals surface area contributed by atoms with Crippen LogP contribution in [0.3, 0.4) is 0 Å². The second kappa shape index (κ2) is 5.10. The molecule has 1 atom stereocenters. The molecule has 1 aromatic carbocycles. The van der Waals surface area contributed by atoms with E-state index in [2.05, 4.69) is 0 Å². The van der Waals surface area contributed by atoms with E-state index in [-0.39, 0.29) is 11.8 Å². The minimum absolute atomic E-state index is 0.324. The number of benzene rings is 1. The van der Waals surface area contributed by atoms with Crippen LogP contribution in [0.25, 0.3) is 0 Å². The summed E-state index contributed by atoms with van der Waals surface area (Å²) in [5, 5.41) is 0. The van der Waals surface area contributed by atoms with Gasteiger partial charge < -0.3 is 4.74 Å². The molecule has 0 aliphatic carbocycles. The topological polar surface area (TPSA) is 26.3 Å². The standard InChI is InChI=1S/C13H17FO2/c1-5-10(13(15)16-4)12-9(3)6-8(2)7-11(12)14/h6-7,10H,5H2,1-4H3. The molecule has 0 aliphatic heterocycles. The van der Waals surface area contributed by atoms with Crippen LogP contribution in [0.4, 0.5) is 4.39 Å². The average Bonchev–Trinajstić information content (AvgIpc) is 2.22. The molecular formula is C13H17FO2. The molecule has 0 fully saturated rings. The van der Waals surface area contributed by atoms with Gasteiger partial charge in [0.05, 0.1) is 13.0 Å². The number of ether oxygens (including phenoxy) is 1. The summed E-state index contributed by atoms with van der Waals surface area (Å²) in [6.07, 6.45) is 0.535. The van der Waals surface area contributed by atoms with Crippen LogP contribution in [0.2, 0.25) is 0 Å². The largest absolute Gasteiger partial charge is 0.469 e. The minimum atomic E-state index is -0.509. The Kier molecular flexibility index (Phi) is 4.05. The number of carbonyl (C=O) groups excluding carboxylic acids is 1. The number of rotatable bonds is 3. The molecule has 1 unspecified atom stereocenters. The second-order valence-electron chi connectivity index (χ2n) is 3.96. The van der Waals surface area contributed by atoms with E-state index in [4.69, 9.17) is 4.74 Å². The smallest absolute Gasteiger partial charge is 0.313 e. The van der Waals surface area contributed by atoms with Crippen LogP contribution in [0.15, 0.2) is 12.1 Å². The quantitative estimate of drug-likeness (QED) is 0.737. The number of hydrogen-bond donors (Lipinski definition) is 0. The summed E-state index contributed by atoms with van der Waals surface area (Å²) in [6, 6.07) is 3.33. The number of halogens is 1. The summed E-state index contributed by atoms with van der Waals surface area (Å²) in [7, 11) is 1.33. The van der Waals surface area contributed by atoms with Gasteiger partial charge in [-0.1, -0.05) is 13.0 Å². The summed E-state index contributed by atoms with van der Waals surface area (Å²) >= 11 is 0. The van der Waals surface area contributed by atoms with Crippen LogP contribution >= 0.6 is 0 Å². The number of aryl methyl sites for hydroxylation is 2. The van der Waals surface area contributed by atoms with Gasteiger partial charge in [0.2, 0.25) is 0 Å². The SMILES string of the molecule is CCC(C(=O)OC)c1c(C)cc(C)cc1F. The van der Waals surface area contributed by atoms with Crippen LogP contribution in [-0.4, -0.2) is 13.1 Å². The summed E-state index contributed by atoms with van der Waals surface area (Å²) in [5.74, 6) is -1.21. The van der Waals surface area contributed by atoms with Crippen LogP contribution < -0.4 is 0 Å². The number of hydrogen-bond acceptors (Lipinski definition) is 2. The molecular weight excluding hydrogens is 207 g/mol. The first-order valence-corrected chi connectivity index (χ1v) is 5.35. The molecule has 0 saturated heterocycles. The van der Waals surface area contributed by atoms with E-state index >= 15 is 0 Å². The van der Waals surface area contributed by atoms with Crippen molar-refractivity contribution in [2.45, 2.75) is 33.1 Å². The third-order valence-corrected chi connectivity index (χ3v) is 2.72. The van der Waals surface area contributed by atoms with E-state index in [1.54, 1.807) is 0 Å². The Balaban J connectivity index is 3.25. The maximum absolute atomic E-state index is 13.8. The van der Waals surface area contributed by atoms with Crippen molar-refractivity contribution in [1.29, 1.82) is 0 Å². The van der Waals surface area contributed by atoms with Crippen molar-refractivity contribution in [3.05, 3.63) is 34.6 Å². The fraction of sp³-hybridized carbons (Fsp3) is 0.462. The highest BCUT2D eigenvalue weighted by molar-refractivity contribution is 5.78. The monoisotopic (exact) mass is 224 g/mol. The van der Waals surface area contributed by atoms with Crippen LogP contribution in [0.5, 0.6) is 0 Å². The molecule has 0 saturated carbocycles. The normalized spacial score (nSPS) is 12.3. The minimum Gasteiger partial charge on any atom is -0.469 e.